The zero-order chi connectivity index (χ0) is 35.4. The number of H-pyrrole nitrogens is 1. The minimum atomic E-state index is -4.70. The smallest absolute Gasteiger partial charge is 0.449 e. The number of aromatic amines is 1. The molecule has 0 spiro atoms. The number of para-hydroxylation sites is 1. The second-order valence-corrected chi connectivity index (χ2v) is 15.4. The highest BCUT2D eigenvalue weighted by molar-refractivity contribution is 7.82. The number of benzene rings is 5. The highest BCUT2D eigenvalue weighted by Crippen LogP contribution is 2.50. The summed E-state index contributed by atoms with van der Waals surface area (Å²) in [5, 5.41) is 44.0. The van der Waals surface area contributed by atoms with Crippen molar-refractivity contribution in [1.29, 1.82) is 0 Å². The lowest BCUT2D eigenvalue weighted by Gasteiger charge is -2.14. The zero-order valence-corrected chi connectivity index (χ0v) is 28.9. The number of aromatic nitrogens is 2. The molecule has 0 aliphatic heterocycles. The average molecular weight is 754 g/mol. The van der Waals surface area contributed by atoms with Crippen molar-refractivity contribution in [2.45, 2.75) is 16.8 Å². The fourth-order valence-corrected chi connectivity index (χ4v) is 7.22. The van der Waals surface area contributed by atoms with E-state index in [0.717, 1.165) is 22.1 Å². The van der Waals surface area contributed by atoms with Gasteiger partial charge in [0.1, 0.15) is 29.6 Å². The number of aryl methyl sites for hydroxylation is 2. The van der Waals surface area contributed by atoms with E-state index in [1.165, 1.54) is 18.2 Å². The van der Waals surface area contributed by atoms with Gasteiger partial charge in [0.05, 0.1) is 22.1 Å². The first-order chi connectivity index (χ1) is 23.8. The molecule has 0 fully saturated rings. The van der Waals surface area contributed by atoms with Gasteiger partial charge in [-0.05, 0) is 65.6 Å². The van der Waals surface area contributed by atoms with Crippen LogP contribution >= 0.6 is 34.8 Å². The number of nitrogens with zero attached hydrogens (tertiary/aromatic N) is 1. The van der Waals surface area contributed by atoms with Crippen LogP contribution in [0.4, 0.5) is 0 Å². The molecule has 0 radical (unpaired) electrons. The first-order valence-corrected chi connectivity index (χ1v) is 17.6. The van der Waals surface area contributed by atoms with Crippen molar-refractivity contribution < 1.29 is 37.2 Å². The Balaban J connectivity index is 1.53. The molecule has 50 heavy (non-hydrogen) atoms. The van der Waals surface area contributed by atoms with E-state index < -0.39 is 20.8 Å². The van der Waals surface area contributed by atoms with Gasteiger partial charge in [-0.25, -0.2) is 4.18 Å². The van der Waals surface area contributed by atoms with Crippen LogP contribution in [0.15, 0.2) is 97.2 Å². The van der Waals surface area contributed by atoms with Crippen molar-refractivity contribution in [3.63, 3.8) is 0 Å². The molecule has 0 saturated carbocycles. The van der Waals surface area contributed by atoms with Crippen molar-refractivity contribution >= 4 is 77.9 Å². The number of hydrogen-bond acceptors (Lipinski definition) is 8. The lowest BCUT2D eigenvalue weighted by atomic mass is 9.94. The molecule has 0 aliphatic carbocycles. The number of aromatic hydroxyl groups is 4. The van der Waals surface area contributed by atoms with Crippen molar-refractivity contribution in [2.75, 3.05) is 6.61 Å². The number of phenolic OH excluding ortho intramolecular Hbond substituents is 4. The van der Waals surface area contributed by atoms with E-state index in [4.69, 9.17) is 43.2 Å². The van der Waals surface area contributed by atoms with E-state index in [1.807, 2.05) is 22.9 Å². The summed E-state index contributed by atoms with van der Waals surface area (Å²) in [6, 6.07) is 24.9. The van der Waals surface area contributed by atoms with Crippen LogP contribution in [0.1, 0.15) is 5.56 Å². The van der Waals surface area contributed by atoms with Crippen LogP contribution in [0.25, 0.3) is 55.0 Å². The molecule has 7 aromatic rings. The monoisotopic (exact) mass is 752 g/mol. The number of fused-ring (bicyclic) bond motifs is 5. The Kier molecular flexibility index (Phi) is 8.65. The molecule has 0 unspecified atom stereocenters. The van der Waals surface area contributed by atoms with E-state index in [1.54, 1.807) is 60.7 Å². The van der Waals surface area contributed by atoms with Crippen LogP contribution in [0.5, 0.6) is 28.7 Å². The van der Waals surface area contributed by atoms with Crippen LogP contribution in [0, 0.1) is 0 Å². The average Bonchev–Trinajstić information content (AvgIpc) is 3.64. The quantitative estimate of drug-likeness (QED) is 0.0918. The van der Waals surface area contributed by atoms with Gasteiger partial charge in [-0.2, -0.15) is 8.42 Å². The zero-order valence-electron chi connectivity index (χ0n) is 25.8. The molecule has 0 bridgehead atoms. The number of nitrogens with one attached hydrogen (secondary N) is 1. The van der Waals surface area contributed by atoms with Gasteiger partial charge >= 0.3 is 10.4 Å². The summed E-state index contributed by atoms with van der Waals surface area (Å²) < 4.78 is 35.7. The molecule has 7 rings (SSSR count). The summed E-state index contributed by atoms with van der Waals surface area (Å²) in [7, 11) is -4.70. The second kappa shape index (κ2) is 12.8. The van der Waals surface area contributed by atoms with Crippen molar-refractivity contribution in [3.05, 3.63) is 103 Å². The number of phenols is 4. The van der Waals surface area contributed by atoms with Crippen molar-refractivity contribution in [3.8, 4) is 51.0 Å². The fourth-order valence-electron chi connectivity index (χ4n) is 6.14. The highest BCUT2D eigenvalue weighted by Gasteiger charge is 2.29. The lowest BCUT2D eigenvalue weighted by molar-refractivity contribution is 0.279. The fraction of sp³-hybridized carbons (Fsp3) is 0.111. The molecule has 5 aromatic carbocycles. The van der Waals surface area contributed by atoms with Crippen LogP contribution in [-0.4, -0.2) is 48.8 Å². The number of hydrogen-bond donors (Lipinski definition) is 5. The van der Waals surface area contributed by atoms with Gasteiger partial charge in [0, 0.05) is 34.5 Å². The minimum Gasteiger partial charge on any atom is -0.508 e. The summed E-state index contributed by atoms with van der Waals surface area (Å²) in [4.78, 5) is 3.19. The van der Waals surface area contributed by atoms with Gasteiger partial charge in [0.25, 0.3) is 0 Å². The van der Waals surface area contributed by atoms with Crippen LogP contribution in [0.2, 0.25) is 0 Å². The maximum atomic E-state index is 12.8. The molecule has 0 atom stereocenters. The molecule has 5 N–H and O–H groups in total. The normalized spacial score (nSPS) is 12.3. The van der Waals surface area contributed by atoms with E-state index in [2.05, 4.69) is 4.98 Å². The van der Waals surface area contributed by atoms with E-state index >= 15 is 0 Å². The predicted octanol–water partition coefficient (Wildman–Crippen LogP) is 8.69. The van der Waals surface area contributed by atoms with Crippen LogP contribution < -0.4 is 4.18 Å². The highest BCUT2D eigenvalue weighted by atomic mass is 35.6. The van der Waals surface area contributed by atoms with Gasteiger partial charge in [-0.3, -0.25) is 0 Å². The maximum Gasteiger partial charge on any atom is 0.449 e. The standard InChI is InChI=1S/C36H27Cl3N2O8S/c37-36(38,39)19-48-50(46,47)49-28-3-1-2-26-30-31-27(21-6-12-24(43)13-7-21)18-41(17-16-20-4-10-23(42)11-5-20)34(31)29(22-8-14-25(44)15-9-22)35(45)33(30)40-32(26)28/h1-15,18,40,42-45H,16-17,19H2. The van der Waals surface area contributed by atoms with Gasteiger partial charge in [-0.1, -0.05) is 83.3 Å². The number of rotatable bonds is 9. The summed E-state index contributed by atoms with van der Waals surface area (Å²) in [5.74, 6) is 0.0358. The number of halogens is 3. The van der Waals surface area contributed by atoms with E-state index in [9.17, 15) is 28.8 Å². The van der Waals surface area contributed by atoms with Gasteiger partial charge in [0.2, 0.25) is 3.79 Å². The Morgan fingerprint density at radius 1 is 0.740 bits per heavy atom. The Morgan fingerprint density at radius 2 is 1.34 bits per heavy atom. The largest absolute Gasteiger partial charge is 0.508 e. The first-order valence-electron chi connectivity index (χ1n) is 15.1. The first kappa shape index (κ1) is 33.7. The molecule has 2 heterocycles. The summed E-state index contributed by atoms with van der Waals surface area (Å²) in [6.07, 6.45) is 2.54. The van der Waals surface area contributed by atoms with Gasteiger partial charge in [0.15, 0.2) is 5.75 Å². The third kappa shape index (κ3) is 6.58. The molecular formula is C36H27Cl3N2O8S. The topological polar surface area (TPSA) is 154 Å². The van der Waals surface area contributed by atoms with Gasteiger partial charge in [-0.15, -0.1) is 0 Å². The third-order valence-electron chi connectivity index (χ3n) is 8.31. The number of alkyl halides is 3. The molecule has 10 nitrogen and oxygen atoms in total. The molecule has 2 aromatic heterocycles. The van der Waals surface area contributed by atoms with Crippen molar-refractivity contribution in [1.82, 2.24) is 9.55 Å². The minimum absolute atomic E-state index is 0.0450. The van der Waals surface area contributed by atoms with Crippen molar-refractivity contribution in [2.24, 2.45) is 0 Å². The maximum absolute atomic E-state index is 12.8. The molecule has 14 heteroatoms. The predicted molar refractivity (Wildman–Crippen MR) is 195 cm³/mol. The SMILES string of the molecule is O=S(=O)(OCC(Cl)(Cl)Cl)Oc1cccc2c1[nH]c1c(O)c(-c3ccc(O)cc3)c3c(c(-c4ccc(O)cc4)cn3CCc3ccc(O)cc3)c12. The third-order valence-corrected chi connectivity index (χ3v) is 9.42. The van der Waals surface area contributed by atoms with E-state index in [-0.39, 0.29) is 34.3 Å². The summed E-state index contributed by atoms with van der Waals surface area (Å²) in [6.45, 7) is -0.321. The molecule has 0 amide bonds. The molecule has 0 aliphatic rings. The molecular weight excluding hydrogens is 727 g/mol. The van der Waals surface area contributed by atoms with E-state index in [0.29, 0.717) is 45.9 Å². The Morgan fingerprint density at radius 3 is 1.96 bits per heavy atom. The Hall–Kier alpha value is -4.78. The van der Waals surface area contributed by atoms with Gasteiger partial charge < -0.3 is 34.2 Å². The van der Waals surface area contributed by atoms with Crippen LogP contribution in [-0.2, 0) is 27.5 Å². The molecule has 256 valence electrons. The lowest BCUT2D eigenvalue weighted by Crippen LogP contribution is -2.21. The summed E-state index contributed by atoms with van der Waals surface area (Å²) >= 11 is 17.1. The molecule has 0 saturated heterocycles. The Labute approximate surface area is 300 Å². The summed E-state index contributed by atoms with van der Waals surface area (Å²) in [5.41, 5.74) is 4.76. The van der Waals surface area contributed by atoms with Crippen LogP contribution in [0.3, 0.4) is 0 Å². The Bertz CT molecular complexity index is 2490. The second-order valence-electron chi connectivity index (χ2n) is 11.6.